The van der Waals surface area contributed by atoms with E-state index in [4.69, 9.17) is 9.47 Å². The van der Waals surface area contributed by atoms with Gasteiger partial charge in [-0.25, -0.2) is 0 Å². The van der Waals surface area contributed by atoms with Gasteiger partial charge in [-0.05, 0) is 24.2 Å². The van der Waals surface area contributed by atoms with Crippen LogP contribution in [0.3, 0.4) is 0 Å². The lowest BCUT2D eigenvalue weighted by atomic mass is 9.61. The van der Waals surface area contributed by atoms with Gasteiger partial charge < -0.3 is 14.6 Å². The molecule has 1 saturated heterocycles. The fourth-order valence-electron chi connectivity index (χ4n) is 2.65. The van der Waals surface area contributed by atoms with Gasteiger partial charge in [-0.15, -0.1) is 0 Å². The Morgan fingerprint density at radius 3 is 2.10 bits per heavy atom. The van der Waals surface area contributed by atoms with Crippen LogP contribution in [0.25, 0.3) is 0 Å². The molecule has 0 spiro atoms. The van der Waals surface area contributed by atoms with Crippen molar-refractivity contribution < 1.29 is 19.4 Å². The summed E-state index contributed by atoms with van der Waals surface area (Å²) >= 11 is 0. The SMILES string of the molecule is CC(C)(C)CC(C)(C(=O)OC1COC(O)C1)C(C)(C)C. The number of hydrogen-bond acceptors (Lipinski definition) is 4. The monoisotopic (exact) mass is 286 g/mol. The molecule has 1 aliphatic rings. The van der Waals surface area contributed by atoms with Gasteiger partial charge in [0.15, 0.2) is 6.29 Å². The van der Waals surface area contributed by atoms with Crippen molar-refractivity contribution in [2.24, 2.45) is 16.2 Å². The van der Waals surface area contributed by atoms with E-state index in [0.29, 0.717) is 6.42 Å². The van der Waals surface area contributed by atoms with E-state index in [1.165, 1.54) is 0 Å². The normalized spacial score (nSPS) is 27.2. The second-order valence-electron chi connectivity index (χ2n) is 8.37. The molecule has 4 nitrogen and oxygen atoms in total. The highest BCUT2D eigenvalue weighted by molar-refractivity contribution is 5.77. The number of aliphatic hydroxyl groups excluding tert-OH is 1. The van der Waals surface area contributed by atoms with Crippen molar-refractivity contribution in [3.05, 3.63) is 0 Å². The lowest BCUT2D eigenvalue weighted by Gasteiger charge is -2.43. The zero-order valence-electron chi connectivity index (χ0n) is 13.9. The largest absolute Gasteiger partial charge is 0.459 e. The quantitative estimate of drug-likeness (QED) is 0.810. The minimum Gasteiger partial charge on any atom is -0.459 e. The second-order valence-corrected chi connectivity index (χ2v) is 8.37. The molecule has 0 aromatic rings. The summed E-state index contributed by atoms with van der Waals surface area (Å²) in [7, 11) is 0. The Morgan fingerprint density at radius 2 is 1.75 bits per heavy atom. The summed E-state index contributed by atoms with van der Waals surface area (Å²) < 4.78 is 10.6. The van der Waals surface area contributed by atoms with Gasteiger partial charge in [0.1, 0.15) is 6.10 Å². The van der Waals surface area contributed by atoms with Crippen molar-refractivity contribution in [3.8, 4) is 0 Å². The first-order chi connectivity index (χ1) is 8.85. The first-order valence-corrected chi connectivity index (χ1v) is 7.36. The van der Waals surface area contributed by atoms with Crippen LogP contribution in [0.4, 0.5) is 0 Å². The minimum atomic E-state index is -0.809. The zero-order chi connectivity index (χ0) is 15.8. The molecular weight excluding hydrogens is 256 g/mol. The second kappa shape index (κ2) is 5.64. The van der Waals surface area contributed by atoms with E-state index in [9.17, 15) is 9.90 Å². The molecule has 118 valence electrons. The van der Waals surface area contributed by atoms with Crippen LogP contribution in [0.2, 0.25) is 0 Å². The number of ether oxygens (including phenoxy) is 2. The molecule has 0 aromatic heterocycles. The molecule has 3 atom stereocenters. The van der Waals surface area contributed by atoms with E-state index >= 15 is 0 Å². The molecule has 0 aromatic carbocycles. The van der Waals surface area contributed by atoms with Crippen molar-refractivity contribution in [1.82, 2.24) is 0 Å². The highest BCUT2D eigenvalue weighted by Gasteiger charge is 2.48. The smallest absolute Gasteiger partial charge is 0.312 e. The summed E-state index contributed by atoms with van der Waals surface area (Å²) in [5, 5.41) is 9.35. The molecule has 0 saturated carbocycles. The summed E-state index contributed by atoms with van der Waals surface area (Å²) in [6.07, 6.45) is -0.0320. The summed E-state index contributed by atoms with van der Waals surface area (Å²) in [5.74, 6) is -0.192. The Bertz CT molecular complexity index is 350. The van der Waals surface area contributed by atoms with Gasteiger partial charge in [-0.2, -0.15) is 0 Å². The number of carbonyl (C=O) groups excluding carboxylic acids is 1. The third kappa shape index (κ3) is 4.19. The molecule has 0 radical (unpaired) electrons. The molecule has 0 bridgehead atoms. The van der Waals surface area contributed by atoms with Gasteiger partial charge in [-0.1, -0.05) is 41.5 Å². The molecule has 1 fully saturated rings. The van der Waals surface area contributed by atoms with Crippen molar-refractivity contribution in [3.63, 3.8) is 0 Å². The lowest BCUT2D eigenvalue weighted by Crippen LogP contribution is -2.45. The fourth-order valence-corrected chi connectivity index (χ4v) is 2.65. The van der Waals surface area contributed by atoms with E-state index in [1.807, 2.05) is 6.92 Å². The van der Waals surface area contributed by atoms with E-state index in [2.05, 4.69) is 41.5 Å². The molecule has 0 aliphatic carbocycles. The maximum absolute atomic E-state index is 12.7. The maximum atomic E-state index is 12.7. The Labute approximate surface area is 122 Å². The van der Waals surface area contributed by atoms with Gasteiger partial charge >= 0.3 is 5.97 Å². The fraction of sp³-hybridized carbons (Fsp3) is 0.938. The molecule has 0 amide bonds. The third-order valence-corrected chi connectivity index (χ3v) is 4.20. The maximum Gasteiger partial charge on any atom is 0.312 e. The summed E-state index contributed by atoms with van der Waals surface area (Å²) in [4.78, 5) is 12.7. The van der Waals surface area contributed by atoms with E-state index in [1.54, 1.807) is 0 Å². The van der Waals surface area contributed by atoms with Crippen molar-refractivity contribution in [2.75, 3.05) is 6.61 Å². The van der Waals surface area contributed by atoms with E-state index in [-0.39, 0.29) is 29.5 Å². The van der Waals surface area contributed by atoms with E-state index < -0.39 is 11.7 Å². The molecular formula is C16H30O4. The predicted molar refractivity (Wildman–Crippen MR) is 78.1 cm³/mol. The highest BCUT2D eigenvalue weighted by atomic mass is 16.6. The number of carbonyl (C=O) groups is 1. The average molecular weight is 286 g/mol. The highest BCUT2D eigenvalue weighted by Crippen LogP contribution is 2.47. The third-order valence-electron chi connectivity index (χ3n) is 4.20. The van der Waals surface area contributed by atoms with Crippen LogP contribution >= 0.6 is 0 Å². The van der Waals surface area contributed by atoms with Crippen LogP contribution in [0.15, 0.2) is 0 Å². The van der Waals surface area contributed by atoms with Crippen LogP contribution in [0, 0.1) is 16.2 Å². The van der Waals surface area contributed by atoms with Crippen LogP contribution in [0.1, 0.15) is 61.3 Å². The van der Waals surface area contributed by atoms with Crippen LogP contribution in [-0.2, 0) is 14.3 Å². The lowest BCUT2D eigenvalue weighted by molar-refractivity contribution is -0.170. The van der Waals surface area contributed by atoms with Gasteiger partial charge in [0.25, 0.3) is 0 Å². The minimum absolute atomic E-state index is 0.0345. The molecule has 4 heteroatoms. The van der Waals surface area contributed by atoms with Crippen LogP contribution in [-0.4, -0.2) is 30.1 Å². The zero-order valence-corrected chi connectivity index (χ0v) is 13.9. The molecule has 3 unspecified atom stereocenters. The Morgan fingerprint density at radius 1 is 1.20 bits per heavy atom. The topological polar surface area (TPSA) is 55.8 Å². The predicted octanol–water partition coefficient (Wildman–Crippen LogP) is 3.13. The Balaban J connectivity index is 2.85. The van der Waals surface area contributed by atoms with Crippen LogP contribution in [0.5, 0.6) is 0 Å². The number of aliphatic hydroxyl groups is 1. The van der Waals surface area contributed by atoms with Crippen LogP contribution < -0.4 is 0 Å². The van der Waals surface area contributed by atoms with E-state index in [0.717, 1.165) is 6.42 Å². The van der Waals surface area contributed by atoms with Crippen molar-refractivity contribution in [1.29, 1.82) is 0 Å². The Hall–Kier alpha value is -0.610. The van der Waals surface area contributed by atoms with Gasteiger partial charge in [0.2, 0.25) is 0 Å². The first-order valence-electron chi connectivity index (χ1n) is 7.36. The first kappa shape index (κ1) is 17.4. The van der Waals surface area contributed by atoms with Gasteiger partial charge in [-0.3, -0.25) is 4.79 Å². The Kier molecular flexibility index (Phi) is 4.92. The average Bonchev–Trinajstić information content (AvgIpc) is 2.59. The van der Waals surface area contributed by atoms with Gasteiger partial charge in [0.05, 0.1) is 12.0 Å². The molecule has 1 rings (SSSR count). The number of esters is 1. The summed E-state index contributed by atoms with van der Waals surface area (Å²) in [6.45, 7) is 14.9. The molecule has 1 aliphatic heterocycles. The molecule has 1 heterocycles. The number of rotatable bonds is 3. The number of hydrogen-bond donors (Lipinski definition) is 1. The molecule has 1 N–H and O–H groups in total. The standard InChI is InChI=1S/C16H30O4/c1-14(2,3)10-16(7,15(4,5)6)13(18)20-11-8-12(17)19-9-11/h11-12,17H,8-10H2,1-7H3. The summed E-state index contributed by atoms with van der Waals surface area (Å²) in [6, 6.07) is 0. The molecule has 20 heavy (non-hydrogen) atoms. The van der Waals surface area contributed by atoms with Crippen molar-refractivity contribution in [2.45, 2.75) is 73.7 Å². The van der Waals surface area contributed by atoms with Gasteiger partial charge in [0, 0.05) is 6.42 Å². The summed E-state index contributed by atoms with van der Waals surface area (Å²) in [5.41, 5.74) is -0.735. The van der Waals surface area contributed by atoms with Crippen molar-refractivity contribution >= 4 is 5.97 Å².